The van der Waals surface area contributed by atoms with E-state index in [1.165, 1.54) is 11.1 Å². The summed E-state index contributed by atoms with van der Waals surface area (Å²) in [6.07, 6.45) is 1.34. The summed E-state index contributed by atoms with van der Waals surface area (Å²) in [5.74, 6) is -1.76. The Morgan fingerprint density at radius 1 is 1.60 bits per heavy atom. The van der Waals surface area contributed by atoms with Crippen molar-refractivity contribution in [3.63, 3.8) is 0 Å². The van der Waals surface area contributed by atoms with Crippen molar-refractivity contribution in [2.45, 2.75) is 24.8 Å². The highest BCUT2D eigenvalue weighted by atomic mass is 32.2. The molecule has 1 saturated heterocycles. The number of amides is 1. The smallest absolute Gasteiger partial charge is 0.343 e. The zero-order valence-electron chi connectivity index (χ0n) is 8.30. The van der Waals surface area contributed by atoms with Crippen LogP contribution in [-0.4, -0.2) is 38.0 Å². The molecule has 82 valence electrons. The molecule has 0 bridgehead atoms. The van der Waals surface area contributed by atoms with Gasteiger partial charge in [0, 0.05) is 6.20 Å². The number of carbonyl (C=O) groups excluding carboxylic acids is 1. The second-order valence-corrected chi connectivity index (χ2v) is 5.34. The van der Waals surface area contributed by atoms with E-state index in [0.29, 0.717) is 0 Å². The lowest BCUT2D eigenvalue weighted by atomic mass is 9.83. The fourth-order valence-electron chi connectivity index (χ4n) is 1.79. The molecule has 0 aliphatic carbocycles. The Morgan fingerprint density at radius 2 is 2.20 bits per heavy atom. The average molecular weight is 229 g/mol. The molecule has 0 spiro atoms. The van der Waals surface area contributed by atoms with Gasteiger partial charge in [-0.15, -0.1) is 0 Å². The number of aliphatic hydroxyl groups is 1. The zero-order valence-corrected chi connectivity index (χ0v) is 9.11. The highest BCUT2D eigenvalue weighted by Crippen LogP contribution is 2.48. The van der Waals surface area contributed by atoms with E-state index >= 15 is 0 Å². The van der Waals surface area contributed by atoms with Crippen LogP contribution in [0.1, 0.15) is 13.8 Å². The van der Waals surface area contributed by atoms with Gasteiger partial charge in [0.2, 0.25) is 5.91 Å². The number of carbonyl (C=O) groups is 2. The summed E-state index contributed by atoms with van der Waals surface area (Å²) in [7, 11) is 0. The molecule has 0 saturated carbocycles. The normalized spacial score (nSPS) is 29.7. The van der Waals surface area contributed by atoms with Gasteiger partial charge in [-0.1, -0.05) is 11.8 Å². The van der Waals surface area contributed by atoms with Gasteiger partial charge in [-0.2, -0.15) is 0 Å². The number of hydrogen-bond donors (Lipinski definition) is 2. The Bertz CT molecular complexity index is 371. The number of hydrogen-bond acceptors (Lipinski definition) is 4. The van der Waals surface area contributed by atoms with Crippen LogP contribution < -0.4 is 0 Å². The highest BCUT2D eigenvalue weighted by molar-refractivity contribution is 8.04. The first-order valence-corrected chi connectivity index (χ1v) is 5.36. The summed E-state index contributed by atoms with van der Waals surface area (Å²) in [5, 5.41) is 18.3. The largest absolute Gasteiger partial charge is 0.477 e. The van der Waals surface area contributed by atoms with Crippen molar-refractivity contribution in [2.75, 3.05) is 0 Å². The van der Waals surface area contributed by atoms with Crippen LogP contribution in [-0.2, 0) is 9.59 Å². The average Bonchev–Trinajstić information content (AvgIpc) is 2.41. The maximum Gasteiger partial charge on any atom is 0.343 e. The Labute approximate surface area is 90.8 Å². The number of nitrogens with zero attached hydrogens (tertiary/aromatic N) is 1. The van der Waals surface area contributed by atoms with Gasteiger partial charge in [-0.3, -0.25) is 4.79 Å². The molecule has 2 aliphatic heterocycles. The molecule has 0 radical (unpaired) electrons. The van der Waals surface area contributed by atoms with E-state index in [1.54, 1.807) is 13.8 Å². The summed E-state index contributed by atoms with van der Waals surface area (Å²) in [6, 6.07) is 0. The zero-order chi connectivity index (χ0) is 11.4. The predicted octanol–water partition coefficient (Wildman–Crippen LogP) is 0.215. The first-order valence-electron chi connectivity index (χ1n) is 4.48. The summed E-state index contributed by atoms with van der Waals surface area (Å²) in [4.78, 5) is 23.8. The summed E-state index contributed by atoms with van der Waals surface area (Å²) in [5.41, 5.74) is -1.10. The summed E-state index contributed by atoms with van der Waals surface area (Å²) >= 11 is 1.11. The van der Waals surface area contributed by atoms with E-state index in [2.05, 4.69) is 0 Å². The summed E-state index contributed by atoms with van der Waals surface area (Å²) < 4.78 is 0. The molecule has 0 aromatic rings. The minimum absolute atomic E-state index is 0.153. The van der Waals surface area contributed by atoms with E-state index < -0.39 is 17.5 Å². The van der Waals surface area contributed by atoms with Crippen LogP contribution >= 0.6 is 11.8 Å². The van der Waals surface area contributed by atoms with E-state index in [4.69, 9.17) is 5.11 Å². The third kappa shape index (κ3) is 1.44. The van der Waals surface area contributed by atoms with Crippen LogP contribution in [0, 0.1) is 5.92 Å². The lowest BCUT2D eigenvalue weighted by Gasteiger charge is -2.46. The summed E-state index contributed by atoms with van der Waals surface area (Å²) in [6.45, 7) is 3.12. The standard InChI is InChI=1S/C9H11NO4S/c1-9(2,14)5-6(11)10-3-4(8(12)13)15-7(5)10/h3,5,7,14H,1-2H3,(H,12,13)/t5-,7-/m1/s1. The van der Waals surface area contributed by atoms with Gasteiger partial charge in [-0.05, 0) is 13.8 Å². The second kappa shape index (κ2) is 2.99. The van der Waals surface area contributed by atoms with E-state index in [-0.39, 0.29) is 16.2 Å². The second-order valence-electron chi connectivity index (χ2n) is 4.18. The SMILES string of the molecule is CC(C)(O)[C@@H]1C(=O)N2C=C(C(=O)O)S[C@H]12. The predicted molar refractivity (Wildman–Crippen MR) is 53.7 cm³/mol. The van der Waals surface area contributed by atoms with Crippen molar-refractivity contribution in [2.24, 2.45) is 5.92 Å². The molecular weight excluding hydrogens is 218 g/mol. The van der Waals surface area contributed by atoms with Crippen molar-refractivity contribution >= 4 is 23.6 Å². The van der Waals surface area contributed by atoms with Crippen LogP contribution in [0.3, 0.4) is 0 Å². The van der Waals surface area contributed by atoms with Crippen LogP contribution in [0.15, 0.2) is 11.1 Å². The molecule has 0 unspecified atom stereocenters. The number of thioether (sulfide) groups is 1. The molecule has 2 atom stereocenters. The van der Waals surface area contributed by atoms with Gasteiger partial charge < -0.3 is 15.1 Å². The fraction of sp³-hybridized carbons (Fsp3) is 0.556. The number of fused-ring (bicyclic) bond motifs is 1. The molecule has 1 fully saturated rings. The number of rotatable bonds is 2. The highest BCUT2D eigenvalue weighted by Gasteiger charge is 2.57. The Kier molecular flexibility index (Phi) is 2.09. The van der Waals surface area contributed by atoms with Crippen molar-refractivity contribution in [1.29, 1.82) is 0 Å². The van der Waals surface area contributed by atoms with Crippen LogP contribution in [0.2, 0.25) is 0 Å². The van der Waals surface area contributed by atoms with Crippen LogP contribution in [0.25, 0.3) is 0 Å². The number of carboxylic acids is 1. The van der Waals surface area contributed by atoms with Crippen molar-refractivity contribution in [3.8, 4) is 0 Å². The third-order valence-corrected chi connectivity index (χ3v) is 3.83. The van der Waals surface area contributed by atoms with Gasteiger partial charge in [0.15, 0.2) is 0 Å². The van der Waals surface area contributed by atoms with E-state index in [0.717, 1.165) is 11.8 Å². The van der Waals surface area contributed by atoms with Crippen molar-refractivity contribution in [1.82, 2.24) is 4.90 Å². The van der Waals surface area contributed by atoms with Gasteiger partial charge in [0.05, 0.1) is 11.5 Å². The van der Waals surface area contributed by atoms with Crippen molar-refractivity contribution in [3.05, 3.63) is 11.1 Å². The maximum absolute atomic E-state index is 11.6. The molecule has 5 nitrogen and oxygen atoms in total. The maximum atomic E-state index is 11.6. The quantitative estimate of drug-likeness (QED) is 0.662. The lowest BCUT2D eigenvalue weighted by molar-refractivity contribution is -0.158. The molecule has 2 heterocycles. The molecule has 0 aromatic heterocycles. The Balaban J connectivity index is 2.18. The molecule has 6 heteroatoms. The Morgan fingerprint density at radius 3 is 2.67 bits per heavy atom. The first-order chi connectivity index (χ1) is 6.82. The van der Waals surface area contributed by atoms with Gasteiger partial charge in [0.25, 0.3) is 0 Å². The molecule has 1 amide bonds. The molecule has 15 heavy (non-hydrogen) atoms. The number of aliphatic carboxylic acids is 1. The van der Waals surface area contributed by atoms with E-state index in [1.807, 2.05) is 0 Å². The minimum Gasteiger partial charge on any atom is -0.477 e. The van der Waals surface area contributed by atoms with E-state index in [9.17, 15) is 14.7 Å². The van der Waals surface area contributed by atoms with Crippen LogP contribution in [0.4, 0.5) is 0 Å². The third-order valence-electron chi connectivity index (χ3n) is 2.56. The topological polar surface area (TPSA) is 77.8 Å². The van der Waals surface area contributed by atoms with Crippen LogP contribution in [0.5, 0.6) is 0 Å². The molecule has 2 N–H and O–H groups in total. The lowest BCUT2D eigenvalue weighted by Crippen LogP contribution is -2.62. The number of β-lactam (4-membered cyclic amide) rings is 1. The van der Waals surface area contributed by atoms with Gasteiger partial charge in [-0.25, -0.2) is 4.79 Å². The first kappa shape index (κ1) is 10.5. The molecule has 0 aromatic carbocycles. The van der Waals surface area contributed by atoms with Gasteiger partial charge >= 0.3 is 5.97 Å². The molecule has 2 rings (SSSR count). The number of carboxylic acid groups (broad SMARTS) is 1. The monoisotopic (exact) mass is 229 g/mol. The minimum atomic E-state index is -1.10. The fourth-order valence-corrected chi connectivity index (χ4v) is 3.19. The van der Waals surface area contributed by atoms with Crippen molar-refractivity contribution < 1.29 is 19.8 Å². The Hall–Kier alpha value is -1.01. The molecular formula is C9H11NO4S. The molecule has 2 aliphatic rings. The van der Waals surface area contributed by atoms with Gasteiger partial charge in [0.1, 0.15) is 10.3 Å².